The van der Waals surface area contributed by atoms with E-state index in [4.69, 9.17) is 9.47 Å². The minimum atomic E-state index is 0.102. The van der Waals surface area contributed by atoms with E-state index in [9.17, 15) is 4.79 Å². The maximum Gasteiger partial charge on any atom is 0.316 e. The maximum atomic E-state index is 13.0. The van der Waals surface area contributed by atoms with E-state index in [2.05, 4.69) is 32.0 Å². The summed E-state index contributed by atoms with van der Waals surface area (Å²) in [6.07, 6.45) is 5.45. The SMILES string of the molecule is COc1ccc2c(ccn2CC(=O)N2CCN(c3ccccc3-c3cnc(OC)nc3)CC2)n1. The average Bonchev–Trinajstić information content (AvgIpc) is 3.30. The fourth-order valence-corrected chi connectivity index (χ4v) is 4.30. The maximum absolute atomic E-state index is 13.0. The van der Waals surface area contributed by atoms with Gasteiger partial charge in [-0.3, -0.25) is 4.79 Å². The van der Waals surface area contributed by atoms with E-state index in [1.165, 1.54) is 0 Å². The molecule has 1 fully saturated rings. The normalized spacial score (nSPS) is 13.8. The number of piperazine rings is 1. The van der Waals surface area contributed by atoms with Crippen LogP contribution in [0.1, 0.15) is 0 Å². The summed E-state index contributed by atoms with van der Waals surface area (Å²) in [7, 11) is 3.15. The zero-order valence-electron chi connectivity index (χ0n) is 19.2. The first-order valence-corrected chi connectivity index (χ1v) is 11.1. The lowest BCUT2D eigenvalue weighted by Gasteiger charge is -2.37. The summed E-state index contributed by atoms with van der Waals surface area (Å²) < 4.78 is 12.2. The average molecular weight is 459 g/mol. The summed E-state index contributed by atoms with van der Waals surface area (Å²) in [5, 5.41) is 0. The number of anilines is 1. The van der Waals surface area contributed by atoms with E-state index in [0.717, 1.165) is 40.9 Å². The Bertz CT molecular complexity index is 1300. The van der Waals surface area contributed by atoms with Crippen LogP contribution in [0.15, 0.2) is 61.1 Å². The van der Waals surface area contributed by atoms with Crippen LogP contribution in [0.3, 0.4) is 0 Å². The molecule has 1 aliphatic heterocycles. The highest BCUT2D eigenvalue weighted by Crippen LogP contribution is 2.31. The van der Waals surface area contributed by atoms with Gasteiger partial charge in [0.25, 0.3) is 0 Å². The Balaban J connectivity index is 1.26. The molecule has 0 atom stereocenters. The van der Waals surface area contributed by atoms with Crippen molar-refractivity contribution < 1.29 is 14.3 Å². The molecule has 0 bridgehead atoms. The Labute approximate surface area is 197 Å². The summed E-state index contributed by atoms with van der Waals surface area (Å²) in [5.41, 5.74) is 4.84. The largest absolute Gasteiger partial charge is 0.481 e. The van der Waals surface area contributed by atoms with Gasteiger partial charge in [0.2, 0.25) is 11.8 Å². The van der Waals surface area contributed by atoms with Crippen molar-refractivity contribution in [1.29, 1.82) is 0 Å². The highest BCUT2D eigenvalue weighted by molar-refractivity contribution is 5.82. The molecule has 1 aliphatic rings. The molecular formula is C25H26N6O3. The fourth-order valence-electron chi connectivity index (χ4n) is 4.30. The second-order valence-corrected chi connectivity index (χ2v) is 8.05. The first kappa shape index (κ1) is 21.7. The number of para-hydroxylation sites is 1. The molecule has 1 amide bonds. The topological polar surface area (TPSA) is 85.6 Å². The van der Waals surface area contributed by atoms with Gasteiger partial charge in [-0.25, -0.2) is 15.0 Å². The number of carbonyl (C=O) groups is 1. The third-order valence-corrected chi connectivity index (χ3v) is 6.11. The van der Waals surface area contributed by atoms with Crippen molar-refractivity contribution >= 4 is 22.6 Å². The molecule has 0 aliphatic carbocycles. The van der Waals surface area contributed by atoms with Gasteiger partial charge in [-0.15, -0.1) is 0 Å². The van der Waals surface area contributed by atoms with Gasteiger partial charge in [0.15, 0.2) is 0 Å². The number of amides is 1. The smallest absolute Gasteiger partial charge is 0.316 e. The summed E-state index contributed by atoms with van der Waals surface area (Å²) in [4.78, 5) is 30.2. The van der Waals surface area contributed by atoms with E-state index in [1.807, 2.05) is 46.0 Å². The molecule has 3 aromatic heterocycles. The van der Waals surface area contributed by atoms with Gasteiger partial charge in [-0.05, 0) is 18.2 Å². The predicted molar refractivity (Wildman–Crippen MR) is 129 cm³/mol. The Morgan fingerprint density at radius 2 is 1.71 bits per heavy atom. The number of pyridine rings is 1. The molecule has 34 heavy (non-hydrogen) atoms. The van der Waals surface area contributed by atoms with E-state index < -0.39 is 0 Å². The Morgan fingerprint density at radius 3 is 2.44 bits per heavy atom. The third kappa shape index (κ3) is 4.24. The molecule has 1 saturated heterocycles. The van der Waals surface area contributed by atoms with Crippen LogP contribution in [0.25, 0.3) is 22.2 Å². The predicted octanol–water partition coefficient (Wildman–Crippen LogP) is 2.86. The molecule has 9 heteroatoms. The molecule has 0 N–H and O–H groups in total. The molecule has 5 rings (SSSR count). The van der Waals surface area contributed by atoms with Crippen LogP contribution in [0.2, 0.25) is 0 Å². The Hall–Kier alpha value is -4.14. The van der Waals surface area contributed by atoms with E-state index in [0.29, 0.717) is 25.0 Å². The minimum absolute atomic E-state index is 0.102. The van der Waals surface area contributed by atoms with Gasteiger partial charge in [0.05, 0.1) is 25.3 Å². The highest BCUT2D eigenvalue weighted by Gasteiger charge is 2.23. The molecular weight excluding hydrogens is 432 g/mol. The molecule has 9 nitrogen and oxygen atoms in total. The van der Waals surface area contributed by atoms with Crippen LogP contribution < -0.4 is 14.4 Å². The molecule has 0 unspecified atom stereocenters. The van der Waals surface area contributed by atoms with Crippen molar-refractivity contribution in [2.75, 3.05) is 45.3 Å². The first-order chi connectivity index (χ1) is 16.7. The quantitative estimate of drug-likeness (QED) is 0.439. The molecule has 174 valence electrons. The van der Waals surface area contributed by atoms with E-state index >= 15 is 0 Å². The van der Waals surface area contributed by atoms with Gasteiger partial charge in [0, 0.05) is 67.7 Å². The monoisotopic (exact) mass is 458 g/mol. The molecule has 4 heterocycles. The second kappa shape index (κ2) is 9.38. The van der Waals surface area contributed by atoms with Gasteiger partial charge in [0.1, 0.15) is 6.54 Å². The van der Waals surface area contributed by atoms with Crippen molar-refractivity contribution in [3.63, 3.8) is 0 Å². The highest BCUT2D eigenvalue weighted by atomic mass is 16.5. The summed E-state index contributed by atoms with van der Waals surface area (Å²) in [6.45, 7) is 3.13. The standard InChI is InChI=1S/C25H26N6O3/c1-33-23-8-7-22-20(28-23)9-10-31(22)17-24(32)30-13-11-29(12-14-30)21-6-4-3-5-19(21)18-15-26-25(34-2)27-16-18/h3-10,15-16H,11-14,17H2,1-2H3. The first-order valence-electron chi connectivity index (χ1n) is 11.1. The minimum Gasteiger partial charge on any atom is -0.481 e. The number of fused-ring (bicyclic) bond motifs is 1. The van der Waals surface area contributed by atoms with Crippen LogP contribution in [0, 0.1) is 0 Å². The molecule has 4 aromatic rings. The van der Waals surface area contributed by atoms with Crippen molar-refractivity contribution in [1.82, 2.24) is 24.4 Å². The lowest BCUT2D eigenvalue weighted by Crippen LogP contribution is -2.49. The van der Waals surface area contributed by atoms with E-state index in [-0.39, 0.29) is 12.5 Å². The van der Waals surface area contributed by atoms with Crippen molar-refractivity contribution in [3.05, 3.63) is 61.1 Å². The van der Waals surface area contributed by atoms with Crippen molar-refractivity contribution in [2.24, 2.45) is 0 Å². The lowest BCUT2D eigenvalue weighted by molar-refractivity contribution is -0.132. The summed E-state index contributed by atoms with van der Waals surface area (Å²) in [5.74, 6) is 0.666. The zero-order chi connectivity index (χ0) is 23.5. The molecule has 0 radical (unpaired) electrons. The number of methoxy groups -OCH3 is 2. The van der Waals surface area contributed by atoms with Crippen LogP contribution in [-0.4, -0.2) is 70.7 Å². The number of aromatic nitrogens is 4. The number of carbonyl (C=O) groups excluding carboxylic acids is 1. The number of hydrogen-bond donors (Lipinski definition) is 0. The summed E-state index contributed by atoms with van der Waals surface area (Å²) >= 11 is 0. The van der Waals surface area contributed by atoms with Crippen LogP contribution in [0.5, 0.6) is 11.9 Å². The van der Waals surface area contributed by atoms with Gasteiger partial charge < -0.3 is 23.8 Å². The molecule has 1 aromatic carbocycles. The van der Waals surface area contributed by atoms with Crippen LogP contribution in [0.4, 0.5) is 5.69 Å². The Kier molecular flexibility index (Phi) is 5.99. The van der Waals surface area contributed by atoms with Crippen LogP contribution >= 0.6 is 0 Å². The number of rotatable bonds is 6. The van der Waals surface area contributed by atoms with Gasteiger partial charge >= 0.3 is 6.01 Å². The zero-order valence-corrected chi connectivity index (χ0v) is 19.2. The Morgan fingerprint density at radius 1 is 0.941 bits per heavy atom. The number of ether oxygens (including phenoxy) is 2. The van der Waals surface area contributed by atoms with Crippen molar-refractivity contribution in [2.45, 2.75) is 6.54 Å². The van der Waals surface area contributed by atoms with E-state index in [1.54, 1.807) is 26.6 Å². The molecule has 0 spiro atoms. The van der Waals surface area contributed by atoms with Crippen LogP contribution in [-0.2, 0) is 11.3 Å². The summed E-state index contributed by atoms with van der Waals surface area (Å²) in [6, 6.07) is 14.2. The molecule has 0 saturated carbocycles. The number of benzene rings is 1. The lowest BCUT2D eigenvalue weighted by atomic mass is 10.1. The van der Waals surface area contributed by atoms with Crippen molar-refractivity contribution in [3.8, 4) is 23.0 Å². The van der Waals surface area contributed by atoms with Gasteiger partial charge in [-0.1, -0.05) is 18.2 Å². The van der Waals surface area contributed by atoms with Gasteiger partial charge in [-0.2, -0.15) is 0 Å². The number of nitrogens with zero attached hydrogens (tertiary/aromatic N) is 6. The third-order valence-electron chi connectivity index (χ3n) is 6.11. The fraction of sp³-hybridized carbons (Fsp3) is 0.280. The number of hydrogen-bond acceptors (Lipinski definition) is 7. The second-order valence-electron chi connectivity index (χ2n) is 8.05.